The van der Waals surface area contributed by atoms with E-state index in [0.717, 1.165) is 14.6 Å². The van der Waals surface area contributed by atoms with Crippen LogP contribution >= 0.6 is 15.9 Å². The monoisotopic (exact) mass is 353 g/mol. The van der Waals surface area contributed by atoms with E-state index in [9.17, 15) is 9.59 Å². The highest BCUT2D eigenvalue weighted by atomic mass is 79.9. The van der Waals surface area contributed by atoms with Crippen LogP contribution in [0.1, 0.15) is 5.56 Å². The fraction of sp³-hybridized carbons (Fsp3) is 0.286. The standard InChI is InChI=1S/C14H16BrN3O3/c1-21-12-3-2-11(15)8-10(12)9-17-6-4-13(19)18(7-5-16)14(17)20/h2-4,6,8H,5,7,9,16H2,1H3. The van der Waals surface area contributed by atoms with Crippen molar-refractivity contribution >= 4 is 15.9 Å². The van der Waals surface area contributed by atoms with E-state index < -0.39 is 0 Å². The first-order valence-electron chi connectivity index (χ1n) is 6.39. The van der Waals surface area contributed by atoms with Gasteiger partial charge in [0.1, 0.15) is 5.75 Å². The van der Waals surface area contributed by atoms with Crippen LogP contribution in [0.4, 0.5) is 0 Å². The summed E-state index contributed by atoms with van der Waals surface area (Å²) in [6.07, 6.45) is 1.48. The van der Waals surface area contributed by atoms with E-state index in [4.69, 9.17) is 10.5 Å². The van der Waals surface area contributed by atoms with Crippen molar-refractivity contribution in [2.24, 2.45) is 5.73 Å². The van der Waals surface area contributed by atoms with E-state index in [0.29, 0.717) is 12.3 Å². The Morgan fingerprint density at radius 3 is 2.71 bits per heavy atom. The van der Waals surface area contributed by atoms with Crippen LogP contribution < -0.4 is 21.7 Å². The van der Waals surface area contributed by atoms with Crippen molar-refractivity contribution in [1.29, 1.82) is 0 Å². The number of hydrogen-bond acceptors (Lipinski definition) is 4. The molecule has 0 bridgehead atoms. The molecule has 0 radical (unpaired) electrons. The zero-order valence-corrected chi connectivity index (χ0v) is 13.2. The van der Waals surface area contributed by atoms with Crippen LogP contribution in [0.25, 0.3) is 0 Å². The minimum atomic E-state index is -0.380. The summed E-state index contributed by atoms with van der Waals surface area (Å²) in [5.41, 5.74) is 5.55. The first-order valence-corrected chi connectivity index (χ1v) is 7.19. The molecule has 0 fully saturated rings. The Balaban J connectivity index is 2.45. The summed E-state index contributed by atoms with van der Waals surface area (Å²) in [5.74, 6) is 0.682. The number of hydrogen-bond donors (Lipinski definition) is 1. The van der Waals surface area contributed by atoms with E-state index >= 15 is 0 Å². The van der Waals surface area contributed by atoms with Gasteiger partial charge in [-0.1, -0.05) is 15.9 Å². The molecule has 0 unspecified atom stereocenters. The molecule has 112 valence electrons. The Morgan fingerprint density at radius 1 is 1.29 bits per heavy atom. The predicted octanol–water partition coefficient (Wildman–Crippen LogP) is 0.788. The molecule has 0 aliphatic carbocycles. The zero-order valence-electron chi connectivity index (χ0n) is 11.6. The number of nitrogens with zero attached hydrogens (tertiary/aromatic N) is 2. The van der Waals surface area contributed by atoms with Gasteiger partial charge in [-0.15, -0.1) is 0 Å². The molecule has 6 nitrogen and oxygen atoms in total. The van der Waals surface area contributed by atoms with Gasteiger partial charge in [0, 0.05) is 35.4 Å². The van der Waals surface area contributed by atoms with E-state index in [1.165, 1.54) is 16.8 Å². The molecule has 21 heavy (non-hydrogen) atoms. The fourth-order valence-corrected chi connectivity index (χ4v) is 2.47. The molecule has 0 aliphatic heterocycles. The topological polar surface area (TPSA) is 79.2 Å². The summed E-state index contributed by atoms with van der Waals surface area (Å²) >= 11 is 3.39. The first-order chi connectivity index (χ1) is 10.1. The number of rotatable bonds is 5. The van der Waals surface area contributed by atoms with Gasteiger partial charge in [0.15, 0.2) is 0 Å². The quantitative estimate of drug-likeness (QED) is 0.861. The molecule has 7 heteroatoms. The van der Waals surface area contributed by atoms with E-state index in [-0.39, 0.29) is 24.3 Å². The van der Waals surface area contributed by atoms with E-state index in [2.05, 4.69) is 15.9 Å². The van der Waals surface area contributed by atoms with E-state index in [1.54, 1.807) is 7.11 Å². The lowest BCUT2D eigenvalue weighted by Gasteiger charge is -2.12. The summed E-state index contributed by atoms with van der Waals surface area (Å²) < 4.78 is 8.77. The number of benzene rings is 1. The van der Waals surface area contributed by atoms with Crippen molar-refractivity contribution in [2.45, 2.75) is 13.1 Å². The molecule has 0 spiro atoms. The molecule has 2 aromatic rings. The van der Waals surface area contributed by atoms with Crippen molar-refractivity contribution in [2.75, 3.05) is 13.7 Å². The van der Waals surface area contributed by atoms with Crippen LogP contribution in [0.2, 0.25) is 0 Å². The first kappa shape index (κ1) is 15.5. The summed E-state index contributed by atoms with van der Waals surface area (Å²) in [4.78, 5) is 24.0. The van der Waals surface area contributed by atoms with Crippen LogP contribution in [-0.4, -0.2) is 22.8 Å². The third kappa shape index (κ3) is 3.43. The highest BCUT2D eigenvalue weighted by molar-refractivity contribution is 9.10. The van der Waals surface area contributed by atoms with Gasteiger partial charge in [0.05, 0.1) is 13.7 Å². The minimum Gasteiger partial charge on any atom is -0.496 e. The Morgan fingerprint density at radius 2 is 2.05 bits per heavy atom. The summed E-state index contributed by atoms with van der Waals surface area (Å²) in [5, 5.41) is 0. The van der Waals surface area contributed by atoms with Crippen molar-refractivity contribution in [3.63, 3.8) is 0 Å². The number of methoxy groups -OCH3 is 1. The van der Waals surface area contributed by atoms with Gasteiger partial charge >= 0.3 is 5.69 Å². The number of aromatic nitrogens is 2. The molecule has 0 saturated carbocycles. The molecule has 1 heterocycles. The van der Waals surface area contributed by atoms with Gasteiger partial charge in [-0.05, 0) is 18.2 Å². The Labute approximate surface area is 129 Å². The maximum atomic E-state index is 12.3. The highest BCUT2D eigenvalue weighted by Crippen LogP contribution is 2.23. The summed E-state index contributed by atoms with van der Waals surface area (Å²) in [7, 11) is 1.57. The van der Waals surface area contributed by atoms with E-state index in [1.807, 2.05) is 18.2 Å². The van der Waals surface area contributed by atoms with Gasteiger partial charge in [0.25, 0.3) is 5.56 Å². The SMILES string of the molecule is COc1ccc(Br)cc1Cn1ccc(=O)n(CCN)c1=O. The van der Waals surface area contributed by atoms with Crippen LogP contribution in [0, 0.1) is 0 Å². The third-order valence-electron chi connectivity index (χ3n) is 3.08. The summed E-state index contributed by atoms with van der Waals surface area (Å²) in [6, 6.07) is 6.92. The van der Waals surface area contributed by atoms with Gasteiger partial charge in [-0.25, -0.2) is 4.79 Å². The lowest BCUT2D eigenvalue weighted by atomic mass is 10.2. The average Bonchev–Trinajstić information content (AvgIpc) is 2.47. The van der Waals surface area contributed by atoms with Crippen LogP contribution in [0.15, 0.2) is 44.5 Å². The molecule has 0 saturated heterocycles. The van der Waals surface area contributed by atoms with Crippen molar-refractivity contribution in [3.8, 4) is 5.75 Å². The summed E-state index contributed by atoms with van der Waals surface area (Å²) in [6.45, 7) is 0.750. The van der Waals surface area contributed by atoms with Crippen LogP contribution in [0.3, 0.4) is 0 Å². The van der Waals surface area contributed by atoms with Crippen molar-refractivity contribution < 1.29 is 4.74 Å². The Kier molecular flexibility index (Phi) is 4.98. The molecular formula is C14H16BrN3O3. The third-order valence-corrected chi connectivity index (χ3v) is 3.57. The molecule has 1 aromatic carbocycles. The molecule has 2 rings (SSSR count). The van der Waals surface area contributed by atoms with Gasteiger partial charge in [-0.2, -0.15) is 0 Å². The highest BCUT2D eigenvalue weighted by Gasteiger charge is 2.09. The predicted molar refractivity (Wildman–Crippen MR) is 83.8 cm³/mol. The molecule has 2 N–H and O–H groups in total. The zero-order chi connectivity index (χ0) is 15.4. The largest absolute Gasteiger partial charge is 0.496 e. The Bertz CT molecular complexity index is 752. The second-order valence-corrected chi connectivity index (χ2v) is 5.38. The maximum absolute atomic E-state index is 12.3. The Hall–Kier alpha value is -1.86. The average molecular weight is 354 g/mol. The molecule has 0 amide bonds. The van der Waals surface area contributed by atoms with Gasteiger partial charge < -0.3 is 10.5 Å². The second-order valence-electron chi connectivity index (χ2n) is 4.46. The minimum absolute atomic E-state index is 0.203. The number of ether oxygens (including phenoxy) is 1. The van der Waals surface area contributed by atoms with Crippen molar-refractivity contribution in [3.05, 3.63) is 61.3 Å². The maximum Gasteiger partial charge on any atom is 0.331 e. The molecular weight excluding hydrogens is 338 g/mol. The molecule has 0 aliphatic rings. The lowest BCUT2D eigenvalue weighted by Crippen LogP contribution is -2.40. The molecule has 0 atom stereocenters. The fourth-order valence-electron chi connectivity index (χ4n) is 2.07. The normalized spacial score (nSPS) is 10.6. The van der Waals surface area contributed by atoms with Gasteiger partial charge in [0.2, 0.25) is 0 Å². The van der Waals surface area contributed by atoms with Crippen LogP contribution in [-0.2, 0) is 13.1 Å². The second kappa shape index (κ2) is 6.73. The van der Waals surface area contributed by atoms with Crippen LogP contribution in [0.5, 0.6) is 5.75 Å². The van der Waals surface area contributed by atoms with Gasteiger partial charge in [-0.3, -0.25) is 13.9 Å². The number of halogens is 1. The van der Waals surface area contributed by atoms with Crippen molar-refractivity contribution in [1.82, 2.24) is 9.13 Å². The smallest absolute Gasteiger partial charge is 0.331 e. The lowest BCUT2D eigenvalue weighted by molar-refractivity contribution is 0.407. The molecule has 1 aromatic heterocycles. The number of nitrogens with two attached hydrogens (primary N) is 1.